The van der Waals surface area contributed by atoms with Crippen molar-refractivity contribution in [3.05, 3.63) is 41.6 Å². The third-order valence-corrected chi connectivity index (χ3v) is 6.11. The van der Waals surface area contributed by atoms with E-state index in [9.17, 15) is 4.79 Å². The number of carbonyl (C=O) groups excluding carboxylic acids is 1. The minimum absolute atomic E-state index is 0.0970. The van der Waals surface area contributed by atoms with Crippen LogP contribution in [0.4, 0.5) is 5.82 Å². The number of aromatic nitrogens is 6. The fraction of sp³-hybridized carbons (Fsp3) is 0.421. The topological polar surface area (TPSA) is 90.5 Å². The first-order valence-electron chi connectivity index (χ1n) is 9.44. The average Bonchev–Trinajstić information content (AvgIpc) is 3.43. The van der Waals surface area contributed by atoms with Gasteiger partial charge >= 0.3 is 0 Å². The molecule has 1 fully saturated rings. The normalized spacial score (nSPS) is 14.5. The number of anilines is 1. The van der Waals surface area contributed by atoms with Gasteiger partial charge in [0, 0.05) is 6.07 Å². The molecule has 0 radical (unpaired) electrons. The number of amides is 1. The van der Waals surface area contributed by atoms with E-state index >= 15 is 0 Å². The molecule has 28 heavy (non-hydrogen) atoms. The van der Waals surface area contributed by atoms with Crippen molar-refractivity contribution in [2.45, 2.75) is 50.7 Å². The van der Waals surface area contributed by atoms with E-state index in [1.165, 1.54) is 30.2 Å². The number of nitrogens with zero attached hydrogens (tertiary/aromatic N) is 6. The number of nitrogens with one attached hydrogen (secondary N) is 1. The molecule has 1 aliphatic carbocycles. The van der Waals surface area contributed by atoms with Crippen LogP contribution in [0.1, 0.15) is 42.9 Å². The number of aryl methyl sites for hydroxylation is 1. The Labute approximate surface area is 167 Å². The van der Waals surface area contributed by atoms with E-state index in [-0.39, 0.29) is 11.7 Å². The number of tetrazole rings is 1. The predicted octanol–water partition coefficient (Wildman–Crippen LogP) is 3.32. The highest BCUT2D eigenvalue weighted by Crippen LogP contribution is 2.31. The first-order chi connectivity index (χ1) is 13.6. The van der Waals surface area contributed by atoms with Crippen LogP contribution in [0.3, 0.4) is 0 Å². The van der Waals surface area contributed by atoms with E-state index in [2.05, 4.69) is 38.9 Å². The molecule has 0 atom stereocenters. The lowest BCUT2D eigenvalue weighted by Gasteiger charge is -2.14. The molecule has 3 aromatic rings. The molecule has 1 N–H and O–H groups in total. The second-order valence-electron chi connectivity index (χ2n) is 7.03. The zero-order chi connectivity index (χ0) is 19.5. The number of hydrogen-bond acceptors (Lipinski definition) is 6. The van der Waals surface area contributed by atoms with E-state index in [0.29, 0.717) is 11.2 Å². The second kappa shape index (κ2) is 8.14. The van der Waals surface area contributed by atoms with Crippen molar-refractivity contribution < 1.29 is 4.79 Å². The van der Waals surface area contributed by atoms with Gasteiger partial charge in [0.25, 0.3) is 0 Å². The molecule has 0 saturated heterocycles. The van der Waals surface area contributed by atoms with Gasteiger partial charge in [0.2, 0.25) is 11.1 Å². The maximum absolute atomic E-state index is 12.5. The van der Waals surface area contributed by atoms with Crippen LogP contribution in [0.15, 0.2) is 35.6 Å². The fourth-order valence-electron chi connectivity index (χ4n) is 3.55. The third kappa shape index (κ3) is 3.80. The molecule has 4 rings (SSSR count). The second-order valence-corrected chi connectivity index (χ2v) is 7.97. The molecular weight excluding hydrogens is 374 g/mol. The molecular formula is C19H23N7OS. The van der Waals surface area contributed by atoms with E-state index in [0.717, 1.165) is 29.9 Å². The molecule has 9 heteroatoms. The Kier molecular flexibility index (Phi) is 5.43. The minimum Gasteiger partial charge on any atom is -0.310 e. The summed E-state index contributed by atoms with van der Waals surface area (Å²) in [7, 11) is 0. The Hall–Kier alpha value is -2.68. The van der Waals surface area contributed by atoms with Crippen LogP contribution in [0.5, 0.6) is 0 Å². The van der Waals surface area contributed by atoms with Crippen LogP contribution < -0.4 is 5.32 Å². The Balaban J connectivity index is 1.42. The van der Waals surface area contributed by atoms with Crippen molar-refractivity contribution in [2.75, 3.05) is 11.1 Å². The van der Waals surface area contributed by atoms with Crippen LogP contribution >= 0.6 is 11.8 Å². The van der Waals surface area contributed by atoms with E-state index < -0.39 is 0 Å². The quantitative estimate of drug-likeness (QED) is 0.642. The molecule has 0 aliphatic heterocycles. The Morgan fingerprint density at radius 3 is 2.89 bits per heavy atom. The monoisotopic (exact) mass is 397 g/mol. The SMILES string of the molecule is Cc1cccc(-n2nnnc2SCC(=O)Nc2ccnn2C2CCCC2)c1C. The first-order valence-corrected chi connectivity index (χ1v) is 10.4. The highest BCUT2D eigenvalue weighted by Gasteiger charge is 2.21. The lowest BCUT2D eigenvalue weighted by molar-refractivity contribution is -0.113. The van der Waals surface area contributed by atoms with Gasteiger partial charge in [-0.25, -0.2) is 4.68 Å². The Morgan fingerprint density at radius 1 is 1.25 bits per heavy atom. The average molecular weight is 398 g/mol. The largest absolute Gasteiger partial charge is 0.310 e. The fourth-order valence-corrected chi connectivity index (χ4v) is 4.23. The van der Waals surface area contributed by atoms with E-state index in [1.54, 1.807) is 10.9 Å². The Morgan fingerprint density at radius 2 is 2.07 bits per heavy atom. The molecule has 8 nitrogen and oxygen atoms in total. The van der Waals surface area contributed by atoms with E-state index in [1.807, 2.05) is 29.8 Å². The Bertz CT molecular complexity index is 974. The molecule has 0 spiro atoms. The summed E-state index contributed by atoms with van der Waals surface area (Å²) < 4.78 is 3.62. The molecule has 2 heterocycles. The van der Waals surface area contributed by atoms with Crippen molar-refractivity contribution in [3.63, 3.8) is 0 Å². The van der Waals surface area contributed by atoms with E-state index in [4.69, 9.17) is 0 Å². The van der Waals surface area contributed by atoms with Gasteiger partial charge < -0.3 is 5.32 Å². The highest BCUT2D eigenvalue weighted by molar-refractivity contribution is 7.99. The summed E-state index contributed by atoms with van der Waals surface area (Å²) in [6.45, 7) is 4.09. The molecule has 2 aromatic heterocycles. The number of carbonyl (C=O) groups is 1. The van der Waals surface area contributed by atoms with Gasteiger partial charge in [-0.15, -0.1) is 5.10 Å². The summed E-state index contributed by atoms with van der Waals surface area (Å²) in [4.78, 5) is 12.5. The lowest BCUT2D eigenvalue weighted by Crippen LogP contribution is -2.19. The van der Waals surface area contributed by atoms with Crippen LogP contribution in [0, 0.1) is 13.8 Å². The van der Waals surface area contributed by atoms with Gasteiger partial charge in [0.05, 0.1) is 23.7 Å². The molecule has 1 saturated carbocycles. The minimum atomic E-state index is -0.0970. The molecule has 1 amide bonds. The summed E-state index contributed by atoms with van der Waals surface area (Å²) in [5.41, 5.74) is 3.20. The summed E-state index contributed by atoms with van der Waals surface area (Å²) in [6.07, 6.45) is 6.40. The van der Waals surface area contributed by atoms with Crippen molar-refractivity contribution in [2.24, 2.45) is 0 Å². The number of rotatable bonds is 6. The molecule has 146 valence electrons. The van der Waals surface area contributed by atoms with Gasteiger partial charge in [-0.1, -0.05) is 36.7 Å². The van der Waals surface area contributed by atoms with Gasteiger partial charge in [0.1, 0.15) is 5.82 Å². The number of benzene rings is 1. The van der Waals surface area contributed by atoms with Gasteiger partial charge in [0.15, 0.2) is 0 Å². The maximum atomic E-state index is 12.5. The summed E-state index contributed by atoms with van der Waals surface area (Å²) >= 11 is 1.32. The molecule has 1 aliphatic rings. The number of hydrogen-bond donors (Lipinski definition) is 1. The molecule has 0 unspecified atom stereocenters. The lowest BCUT2D eigenvalue weighted by atomic mass is 10.1. The summed E-state index contributed by atoms with van der Waals surface area (Å²) in [5, 5.41) is 19.9. The van der Waals surface area contributed by atoms with Crippen LogP contribution in [-0.4, -0.2) is 41.6 Å². The van der Waals surface area contributed by atoms with Crippen molar-refractivity contribution >= 4 is 23.5 Å². The molecule has 1 aromatic carbocycles. The van der Waals surface area contributed by atoms with Gasteiger partial charge in [-0.05, 0) is 54.3 Å². The van der Waals surface area contributed by atoms with Crippen LogP contribution in [0.25, 0.3) is 5.69 Å². The third-order valence-electron chi connectivity index (χ3n) is 5.19. The molecule has 0 bridgehead atoms. The van der Waals surface area contributed by atoms with Crippen molar-refractivity contribution in [3.8, 4) is 5.69 Å². The smallest absolute Gasteiger partial charge is 0.235 e. The van der Waals surface area contributed by atoms with Gasteiger partial charge in [-0.3, -0.25) is 4.79 Å². The zero-order valence-electron chi connectivity index (χ0n) is 16.0. The highest BCUT2D eigenvalue weighted by atomic mass is 32.2. The number of thioether (sulfide) groups is 1. The predicted molar refractivity (Wildman–Crippen MR) is 108 cm³/mol. The zero-order valence-corrected chi connectivity index (χ0v) is 16.8. The summed E-state index contributed by atoms with van der Waals surface area (Å²) in [5.74, 6) is 0.882. The van der Waals surface area contributed by atoms with Crippen LogP contribution in [0.2, 0.25) is 0 Å². The first kappa shape index (κ1) is 18.7. The van der Waals surface area contributed by atoms with Crippen molar-refractivity contribution in [1.82, 2.24) is 30.0 Å². The van der Waals surface area contributed by atoms with Gasteiger partial charge in [-0.2, -0.15) is 9.78 Å². The maximum Gasteiger partial charge on any atom is 0.235 e. The van der Waals surface area contributed by atoms with Crippen LogP contribution in [-0.2, 0) is 4.79 Å². The van der Waals surface area contributed by atoms with Crippen molar-refractivity contribution in [1.29, 1.82) is 0 Å². The standard InChI is InChI=1S/C19H23N7OS/c1-13-6-5-9-16(14(13)2)26-19(22-23-24-26)28-12-18(27)21-17-10-11-20-25(17)15-7-3-4-8-15/h5-6,9-11,15H,3-4,7-8,12H2,1-2H3,(H,21,27). The summed E-state index contributed by atoms with van der Waals surface area (Å²) in [6, 6.07) is 8.24.